The molecule has 0 fully saturated rings. The first kappa shape index (κ1) is 12.6. The van der Waals surface area contributed by atoms with Gasteiger partial charge in [-0.3, -0.25) is 0 Å². The molecule has 5 heteroatoms. The van der Waals surface area contributed by atoms with E-state index < -0.39 is 0 Å². The third kappa shape index (κ3) is 2.60. The third-order valence-corrected chi connectivity index (χ3v) is 3.05. The molecule has 0 aliphatic carbocycles. The summed E-state index contributed by atoms with van der Waals surface area (Å²) in [4.78, 5) is 0. The molecule has 0 saturated heterocycles. The van der Waals surface area contributed by atoms with Gasteiger partial charge in [-0.25, -0.2) is 4.68 Å². The highest BCUT2D eigenvalue weighted by atomic mass is 35.5. The lowest BCUT2D eigenvalue weighted by atomic mass is 10.3. The molecule has 4 nitrogen and oxygen atoms in total. The van der Waals surface area contributed by atoms with Crippen molar-refractivity contribution in [2.45, 2.75) is 0 Å². The van der Waals surface area contributed by atoms with Gasteiger partial charge in [-0.1, -0.05) is 23.7 Å². The van der Waals surface area contributed by atoms with Crippen molar-refractivity contribution >= 4 is 11.6 Å². The topological polar surface area (TPSA) is 47.3 Å². The lowest BCUT2D eigenvalue weighted by Gasteiger charge is -2.04. The van der Waals surface area contributed by atoms with Gasteiger partial charge in [0.1, 0.15) is 11.5 Å². The molecule has 3 rings (SSSR count). The number of para-hydroxylation sites is 1. The number of aromatic nitrogens is 2. The first-order valence-corrected chi connectivity index (χ1v) is 6.36. The minimum absolute atomic E-state index is 0.216. The van der Waals surface area contributed by atoms with Crippen molar-refractivity contribution in [3.8, 4) is 22.9 Å². The molecule has 0 amide bonds. The van der Waals surface area contributed by atoms with Gasteiger partial charge in [0.2, 0.25) is 0 Å². The van der Waals surface area contributed by atoms with Crippen molar-refractivity contribution < 1.29 is 9.84 Å². The van der Waals surface area contributed by atoms with Crippen LogP contribution in [0.3, 0.4) is 0 Å². The Kier molecular flexibility index (Phi) is 3.31. The van der Waals surface area contributed by atoms with Gasteiger partial charge >= 0.3 is 0 Å². The molecule has 0 radical (unpaired) electrons. The molecular weight excluding hydrogens is 276 g/mol. The summed E-state index contributed by atoms with van der Waals surface area (Å²) in [6.45, 7) is 0. The molecule has 1 aromatic heterocycles. The minimum Gasteiger partial charge on any atom is -0.508 e. The summed E-state index contributed by atoms with van der Waals surface area (Å²) in [5.74, 6) is 1.39. The van der Waals surface area contributed by atoms with E-state index in [0.717, 1.165) is 5.69 Å². The minimum atomic E-state index is 0.216. The van der Waals surface area contributed by atoms with Crippen molar-refractivity contribution in [3.05, 3.63) is 65.9 Å². The zero-order valence-electron chi connectivity index (χ0n) is 10.4. The maximum atomic E-state index is 9.27. The second-order valence-electron chi connectivity index (χ2n) is 4.17. The van der Waals surface area contributed by atoms with Crippen LogP contribution in [0, 0.1) is 0 Å². The van der Waals surface area contributed by atoms with Crippen LogP contribution in [0.15, 0.2) is 60.9 Å². The fraction of sp³-hybridized carbons (Fsp3) is 0. The largest absolute Gasteiger partial charge is 0.508 e. The van der Waals surface area contributed by atoms with Crippen LogP contribution in [-0.4, -0.2) is 14.9 Å². The average molecular weight is 287 g/mol. The summed E-state index contributed by atoms with van der Waals surface area (Å²) in [5.41, 5.74) is 0.830. The SMILES string of the molecule is Oc1ccc(-n2cc(Oc3ccccc3Cl)cn2)cc1. The fourth-order valence-corrected chi connectivity index (χ4v) is 1.93. The standard InChI is InChI=1S/C15H11ClN2O2/c16-14-3-1-2-4-15(14)20-13-9-17-18(10-13)11-5-7-12(19)8-6-11/h1-10,19H. The van der Waals surface area contributed by atoms with Crippen LogP contribution in [0.25, 0.3) is 5.69 Å². The van der Waals surface area contributed by atoms with E-state index in [4.69, 9.17) is 16.3 Å². The molecule has 0 aliphatic heterocycles. The Bertz CT molecular complexity index is 723. The highest BCUT2D eigenvalue weighted by Gasteiger charge is 2.05. The van der Waals surface area contributed by atoms with Crippen LogP contribution in [0.2, 0.25) is 5.02 Å². The van der Waals surface area contributed by atoms with Gasteiger partial charge in [-0.2, -0.15) is 5.10 Å². The summed E-state index contributed by atoms with van der Waals surface area (Å²) in [6, 6.07) is 14.0. The summed E-state index contributed by atoms with van der Waals surface area (Å²) >= 11 is 6.04. The van der Waals surface area contributed by atoms with Gasteiger partial charge in [0.15, 0.2) is 5.75 Å². The number of nitrogens with zero attached hydrogens (tertiary/aromatic N) is 2. The van der Waals surface area contributed by atoms with Gasteiger partial charge in [-0.05, 0) is 36.4 Å². The Labute approximate surface area is 120 Å². The lowest BCUT2D eigenvalue weighted by molar-refractivity contribution is 0.475. The zero-order chi connectivity index (χ0) is 13.9. The Morgan fingerprint density at radius 1 is 1.05 bits per heavy atom. The van der Waals surface area contributed by atoms with Crippen molar-refractivity contribution in [2.24, 2.45) is 0 Å². The number of rotatable bonds is 3. The molecule has 0 bridgehead atoms. The van der Waals surface area contributed by atoms with Crippen LogP contribution in [0.4, 0.5) is 0 Å². The average Bonchev–Trinajstić information content (AvgIpc) is 2.91. The van der Waals surface area contributed by atoms with E-state index in [1.807, 2.05) is 12.1 Å². The van der Waals surface area contributed by atoms with E-state index in [2.05, 4.69) is 5.10 Å². The molecule has 20 heavy (non-hydrogen) atoms. The number of phenolic OH excluding ortho intramolecular Hbond substituents is 1. The van der Waals surface area contributed by atoms with Gasteiger partial charge < -0.3 is 9.84 Å². The van der Waals surface area contributed by atoms with Crippen LogP contribution >= 0.6 is 11.6 Å². The predicted octanol–water partition coefficient (Wildman–Crippen LogP) is 4.02. The van der Waals surface area contributed by atoms with Crippen molar-refractivity contribution in [3.63, 3.8) is 0 Å². The van der Waals surface area contributed by atoms with E-state index in [0.29, 0.717) is 16.5 Å². The molecule has 0 saturated carbocycles. The van der Waals surface area contributed by atoms with Crippen molar-refractivity contribution in [2.75, 3.05) is 0 Å². The van der Waals surface area contributed by atoms with E-state index in [1.54, 1.807) is 53.5 Å². The number of ether oxygens (including phenoxy) is 1. The molecule has 3 aromatic rings. The molecular formula is C15H11ClN2O2. The first-order valence-electron chi connectivity index (χ1n) is 5.99. The number of halogens is 1. The number of benzene rings is 2. The Morgan fingerprint density at radius 2 is 1.80 bits per heavy atom. The quantitative estimate of drug-likeness (QED) is 0.791. The smallest absolute Gasteiger partial charge is 0.165 e. The predicted molar refractivity (Wildman–Crippen MR) is 76.8 cm³/mol. The van der Waals surface area contributed by atoms with Crippen LogP contribution < -0.4 is 4.74 Å². The zero-order valence-corrected chi connectivity index (χ0v) is 11.2. The molecule has 100 valence electrons. The summed E-state index contributed by atoms with van der Waals surface area (Å²) in [7, 11) is 0. The van der Waals surface area contributed by atoms with Gasteiger partial charge in [0.25, 0.3) is 0 Å². The molecule has 0 atom stereocenters. The number of phenols is 1. The Balaban J connectivity index is 1.84. The highest BCUT2D eigenvalue weighted by Crippen LogP contribution is 2.28. The van der Waals surface area contributed by atoms with Crippen molar-refractivity contribution in [1.29, 1.82) is 0 Å². The van der Waals surface area contributed by atoms with Gasteiger partial charge in [0, 0.05) is 0 Å². The monoisotopic (exact) mass is 286 g/mol. The molecule has 0 aliphatic rings. The molecule has 2 aromatic carbocycles. The van der Waals surface area contributed by atoms with Crippen LogP contribution in [-0.2, 0) is 0 Å². The first-order chi connectivity index (χ1) is 9.72. The molecule has 1 heterocycles. The second kappa shape index (κ2) is 5.27. The number of aromatic hydroxyl groups is 1. The van der Waals surface area contributed by atoms with E-state index >= 15 is 0 Å². The fourth-order valence-electron chi connectivity index (χ4n) is 1.76. The Morgan fingerprint density at radius 3 is 2.55 bits per heavy atom. The summed E-state index contributed by atoms with van der Waals surface area (Å²) in [6.07, 6.45) is 3.35. The molecule has 0 spiro atoms. The normalized spacial score (nSPS) is 10.4. The maximum Gasteiger partial charge on any atom is 0.165 e. The summed E-state index contributed by atoms with van der Waals surface area (Å²) in [5, 5.41) is 14.0. The van der Waals surface area contributed by atoms with Gasteiger partial charge in [0.05, 0.1) is 23.1 Å². The van der Waals surface area contributed by atoms with E-state index in [1.165, 1.54) is 0 Å². The van der Waals surface area contributed by atoms with Crippen molar-refractivity contribution in [1.82, 2.24) is 9.78 Å². The second-order valence-corrected chi connectivity index (χ2v) is 4.58. The van der Waals surface area contributed by atoms with Crippen LogP contribution in [0.1, 0.15) is 0 Å². The van der Waals surface area contributed by atoms with Gasteiger partial charge in [-0.15, -0.1) is 0 Å². The van der Waals surface area contributed by atoms with E-state index in [9.17, 15) is 5.11 Å². The summed E-state index contributed by atoms with van der Waals surface area (Å²) < 4.78 is 7.33. The third-order valence-electron chi connectivity index (χ3n) is 2.74. The number of hydrogen-bond acceptors (Lipinski definition) is 3. The lowest BCUT2D eigenvalue weighted by Crippen LogP contribution is -1.92. The maximum absolute atomic E-state index is 9.27. The highest BCUT2D eigenvalue weighted by molar-refractivity contribution is 6.32. The van der Waals surface area contributed by atoms with Crippen LogP contribution in [0.5, 0.6) is 17.2 Å². The Hall–Kier alpha value is -2.46. The number of hydrogen-bond donors (Lipinski definition) is 1. The molecule has 1 N–H and O–H groups in total. The molecule has 0 unspecified atom stereocenters. The van der Waals surface area contributed by atoms with E-state index in [-0.39, 0.29) is 5.75 Å².